The van der Waals surface area contributed by atoms with Crippen molar-refractivity contribution >= 4 is 16.0 Å². The van der Waals surface area contributed by atoms with Gasteiger partial charge in [0.15, 0.2) is 0 Å². The van der Waals surface area contributed by atoms with Crippen LogP contribution in [0.2, 0.25) is 0 Å². The number of methoxy groups -OCH3 is 1. The normalized spacial score (nSPS) is 14.9. The van der Waals surface area contributed by atoms with Gasteiger partial charge in [-0.2, -0.15) is 4.31 Å². The van der Waals surface area contributed by atoms with Crippen LogP contribution < -0.4 is 0 Å². The van der Waals surface area contributed by atoms with Crippen LogP contribution in [0.15, 0.2) is 23.1 Å². The fourth-order valence-corrected chi connectivity index (χ4v) is 3.55. The molecule has 0 bridgehead atoms. The topological polar surface area (TPSA) is 63.7 Å². The Morgan fingerprint density at radius 3 is 2.55 bits per heavy atom. The molecule has 0 spiro atoms. The van der Waals surface area contributed by atoms with Crippen molar-refractivity contribution in [1.82, 2.24) is 4.31 Å². The van der Waals surface area contributed by atoms with E-state index < -0.39 is 16.0 Å². The van der Waals surface area contributed by atoms with Crippen molar-refractivity contribution in [2.24, 2.45) is 0 Å². The maximum absolute atomic E-state index is 12.4. The van der Waals surface area contributed by atoms with Gasteiger partial charge in [0.2, 0.25) is 10.0 Å². The van der Waals surface area contributed by atoms with E-state index in [9.17, 15) is 13.2 Å². The van der Waals surface area contributed by atoms with E-state index in [1.165, 1.54) is 19.7 Å². The van der Waals surface area contributed by atoms with E-state index >= 15 is 0 Å². The minimum atomic E-state index is -3.65. The smallest absolute Gasteiger partial charge is 0.321 e. The molecule has 1 aliphatic rings. The average molecular weight is 297 g/mol. The van der Waals surface area contributed by atoms with Crippen LogP contribution in [0.1, 0.15) is 24.0 Å². The molecule has 0 atom stereocenters. The quantitative estimate of drug-likeness (QED) is 0.787. The molecule has 0 heterocycles. The van der Waals surface area contributed by atoms with Gasteiger partial charge in [0.25, 0.3) is 0 Å². The third-order valence-electron chi connectivity index (χ3n) is 3.61. The van der Waals surface area contributed by atoms with Crippen molar-refractivity contribution in [1.29, 1.82) is 0 Å². The zero-order chi connectivity index (χ0) is 14.8. The summed E-state index contributed by atoms with van der Waals surface area (Å²) in [7, 11) is -1.03. The lowest BCUT2D eigenvalue weighted by Gasteiger charge is -2.19. The third-order valence-corrected chi connectivity index (χ3v) is 5.41. The van der Waals surface area contributed by atoms with Gasteiger partial charge >= 0.3 is 5.97 Å². The van der Waals surface area contributed by atoms with Crippen LogP contribution in [0.3, 0.4) is 0 Å². The number of fused-ring (bicyclic) bond motifs is 1. The molecule has 0 aromatic heterocycles. The Morgan fingerprint density at radius 1 is 1.25 bits per heavy atom. The molecule has 2 rings (SSSR count). The molecule has 0 N–H and O–H groups in total. The minimum Gasteiger partial charge on any atom is -0.468 e. The van der Waals surface area contributed by atoms with E-state index in [-0.39, 0.29) is 11.4 Å². The Labute approximate surface area is 119 Å². The molecular formula is C14H19NO4S. The number of ether oxygens (including phenoxy) is 1. The van der Waals surface area contributed by atoms with Gasteiger partial charge in [0.05, 0.1) is 12.0 Å². The number of carbonyl (C=O) groups is 1. The van der Waals surface area contributed by atoms with E-state index in [4.69, 9.17) is 0 Å². The molecule has 0 amide bonds. The van der Waals surface area contributed by atoms with Gasteiger partial charge in [-0.3, -0.25) is 4.79 Å². The number of likely N-dealkylation sites (N-methyl/N-ethyl adjacent to an activating group) is 1. The largest absolute Gasteiger partial charge is 0.468 e. The molecule has 5 nitrogen and oxygen atoms in total. The second-order valence-electron chi connectivity index (χ2n) is 4.97. The summed E-state index contributed by atoms with van der Waals surface area (Å²) in [6.45, 7) is -0.282. The van der Waals surface area contributed by atoms with Crippen LogP contribution in [-0.2, 0) is 32.4 Å². The van der Waals surface area contributed by atoms with Crippen LogP contribution in [-0.4, -0.2) is 39.4 Å². The van der Waals surface area contributed by atoms with Gasteiger partial charge in [-0.05, 0) is 48.9 Å². The van der Waals surface area contributed by atoms with Crippen LogP contribution >= 0.6 is 0 Å². The van der Waals surface area contributed by atoms with Gasteiger partial charge in [-0.25, -0.2) is 8.42 Å². The molecule has 0 fully saturated rings. The number of aryl methyl sites for hydroxylation is 2. The highest BCUT2D eigenvalue weighted by molar-refractivity contribution is 7.89. The number of nitrogens with zero attached hydrogens (tertiary/aromatic N) is 1. The standard InChI is InChI=1S/C14H19NO4S/c1-15(10-14(16)19-2)20(17,18)13-8-7-11-5-3-4-6-12(11)9-13/h7-9H,3-6,10H2,1-2H3. The van der Waals surface area contributed by atoms with Gasteiger partial charge in [0.1, 0.15) is 6.54 Å². The number of rotatable bonds is 4. The van der Waals surface area contributed by atoms with Crippen molar-refractivity contribution in [2.45, 2.75) is 30.6 Å². The van der Waals surface area contributed by atoms with Gasteiger partial charge in [-0.1, -0.05) is 6.07 Å². The maximum atomic E-state index is 12.4. The number of sulfonamides is 1. The van der Waals surface area contributed by atoms with Crippen LogP contribution in [0, 0.1) is 0 Å². The van der Waals surface area contributed by atoms with Gasteiger partial charge < -0.3 is 4.74 Å². The highest BCUT2D eigenvalue weighted by Gasteiger charge is 2.24. The second-order valence-corrected chi connectivity index (χ2v) is 7.02. The number of carbonyl (C=O) groups excluding carboxylic acids is 1. The zero-order valence-corrected chi connectivity index (χ0v) is 12.6. The summed E-state index contributed by atoms with van der Waals surface area (Å²) in [5.74, 6) is -0.575. The first-order valence-electron chi connectivity index (χ1n) is 6.60. The second kappa shape index (κ2) is 5.93. The molecule has 0 aliphatic heterocycles. The average Bonchev–Trinajstić information content (AvgIpc) is 2.46. The number of benzene rings is 1. The molecule has 0 unspecified atom stereocenters. The summed E-state index contributed by atoms with van der Waals surface area (Å²) in [6.07, 6.45) is 4.17. The summed E-state index contributed by atoms with van der Waals surface area (Å²) in [4.78, 5) is 11.4. The summed E-state index contributed by atoms with van der Waals surface area (Å²) < 4.78 is 30.3. The predicted octanol–water partition coefficient (Wildman–Crippen LogP) is 1.36. The van der Waals surface area contributed by atoms with Crippen molar-refractivity contribution in [3.8, 4) is 0 Å². The van der Waals surface area contributed by atoms with Crippen LogP contribution in [0.4, 0.5) is 0 Å². The molecule has 110 valence electrons. The van der Waals surface area contributed by atoms with E-state index in [1.54, 1.807) is 12.1 Å². The maximum Gasteiger partial charge on any atom is 0.321 e. The zero-order valence-electron chi connectivity index (χ0n) is 11.8. The first kappa shape index (κ1) is 15.0. The van der Waals surface area contributed by atoms with Crippen molar-refractivity contribution in [2.75, 3.05) is 20.7 Å². The lowest BCUT2D eigenvalue weighted by atomic mass is 9.92. The Kier molecular flexibility index (Phi) is 4.45. The molecule has 0 saturated carbocycles. The fraction of sp³-hybridized carbons (Fsp3) is 0.500. The highest BCUT2D eigenvalue weighted by Crippen LogP contribution is 2.25. The molecule has 1 aromatic carbocycles. The number of hydrogen-bond acceptors (Lipinski definition) is 4. The first-order chi connectivity index (χ1) is 9.45. The SMILES string of the molecule is COC(=O)CN(C)S(=O)(=O)c1ccc2c(c1)CCCC2. The summed E-state index contributed by atoms with van der Waals surface area (Å²) >= 11 is 0. The number of hydrogen-bond donors (Lipinski definition) is 0. The Hall–Kier alpha value is -1.40. The van der Waals surface area contributed by atoms with E-state index in [0.717, 1.165) is 35.6 Å². The van der Waals surface area contributed by atoms with Crippen molar-refractivity contribution in [3.63, 3.8) is 0 Å². The highest BCUT2D eigenvalue weighted by atomic mass is 32.2. The third kappa shape index (κ3) is 3.02. The number of esters is 1. The molecule has 1 aromatic rings. The van der Waals surface area contributed by atoms with Gasteiger partial charge in [-0.15, -0.1) is 0 Å². The first-order valence-corrected chi connectivity index (χ1v) is 8.04. The Bertz CT molecular complexity index is 610. The van der Waals surface area contributed by atoms with Crippen LogP contribution in [0.25, 0.3) is 0 Å². The molecular weight excluding hydrogens is 278 g/mol. The van der Waals surface area contributed by atoms with Gasteiger partial charge in [0, 0.05) is 7.05 Å². The lowest BCUT2D eigenvalue weighted by Crippen LogP contribution is -2.32. The van der Waals surface area contributed by atoms with Crippen molar-refractivity contribution in [3.05, 3.63) is 29.3 Å². The summed E-state index contributed by atoms with van der Waals surface area (Å²) in [5.41, 5.74) is 2.33. The Morgan fingerprint density at radius 2 is 1.90 bits per heavy atom. The minimum absolute atomic E-state index is 0.240. The summed E-state index contributed by atoms with van der Waals surface area (Å²) in [5, 5.41) is 0. The summed E-state index contributed by atoms with van der Waals surface area (Å²) in [6, 6.07) is 5.23. The van der Waals surface area contributed by atoms with Crippen molar-refractivity contribution < 1.29 is 17.9 Å². The van der Waals surface area contributed by atoms with E-state index in [0.29, 0.717) is 0 Å². The molecule has 1 aliphatic carbocycles. The molecule has 6 heteroatoms. The van der Waals surface area contributed by atoms with Crippen LogP contribution in [0.5, 0.6) is 0 Å². The molecule has 0 saturated heterocycles. The fourth-order valence-electron chi connectivity index (χ4n) is 2.38. The van der Waals surface area contributed by atoms with E-state index in [2.05, 4.69) is 4.74 Å². The Balaban J connectivity index is 2.27. The monoisotopic (exact) mass is 297 g/mol. The lowest BCUT2D eigenvalue weighted by molar-refractivity contribution is -0.140. The predicted molar refractivity (Wildman–Crippen MR) is 74.9 cm³/mol. The molecule has 20 heavy (non-hydrogen) atoms. The molecule has 0 radical (unpaired) electrons. The van der Waals surface area contributed by atoms with E-state index in [1.807, 2.05) is 6.07 Å².